The molecule has 0 atom stereocenters. The first kappa shape index (κ1) is 26.1. The van der Waals surface area contributed by atoms with E-state index >= 15 is 0 Å². The third kappa shape index (κ3) is 5.37. The van der Waals surface area contributed by atoms with Gasteiger partial charge in [0.15, 0.2) is 0 Å². The van der Waals surface area contributed by atoms with Crippen LogP contribution in [-0.2, 0) is 0 Å². The molecule has 1 aliphatic carbocycles. The molecule has 6 rings (SSSR count). The first-order valence-electron chi connectivity index (χ1n) is 14.0. The first-order valence-corrected chi connectivity index (χ1v) is 14.4. The minimum Gasteiger partial charge on any atom is -0.395 e. The third-order valence-corrected chi connectivity index (χ3v) is 8.22. The lowest BCUT2D eigenvalue weighted by Gasteiger charge is -2.39. The van der Waals surface area contributed by atoms with Crippen molar-refractivity contribution >= 4 is 39.7 Å². The first-order chi connectivity index (χ1) is 18.1. The molecule has 37 heavy (non-hydrogen) atoms. The zero-order valence-corrected chi connectivity index (χ0v) is 23.2. The van der Waals surface area contributed by atoms with E-state index in [0.717, 1.165) is 54.2 Å². The van der Waals surface area contributed by atoms with E-state index in [-0.39, 0.29) is 6.61 Å². The minimum absolute atomic E-state index is 0.0846. The van der Waals surface area contributed by atoms with Gasteiger partial charge in [-0.1, -0.05) is 43.6 Å². The van der Waals surface area contributed by atoms with Gasteiger partial charge in [-0.2, -0.15) is 0 Å². The van der Waals surface area contributed by atoms with Crippen LogP contribution in [0.3, 0.4) is 0 Å². The van der Waals surface area contributed by atoms with Crippen LogP contribution in [0.1, 0.15) is 69.2 Å². The molecular weight excluding hydrogens is 482 g/mol. The maximum Gasteiger partial charge on any atom is 0.140 e. The third-order valence-electron chi connectivity index (χ3n) is 7.92. The van der Waals surface area contributed by atoms with Crippen LogP contribution < -0.4 is 14.7 Å². The predicted octanol–water partition coefficient (Wildman–Crippen LogP) is 6.21. The molecule has 6 nitrogen and oxygen atoms in total. The number of hydrogen-bond donors (Lipinski definition) is 1. The van der Waals surface area contributed by atoms with Crippen LogP contribution in [0.5, 0.6) is 0 Å². The van der Waals surface area contributed by atoms with Crippen molar-refractivity contribution in [2.75, 3.05) is 61.1 Å². The van der Waals surface area contributed by atoms with E-state index in [4.69, 9.17) is 21.6 Å². The summed E-state index contributed by atoms with van der Waals surface area (Å²) in [5.74, 6) is 3.07. The lowest BCUT2D eigenvalue weighted by Crippen LogP contribution is -2.39. The van der Waals surface area contributed by atoms with Crippen molar-refractivity contribution in [3.63, 3.8) is 0 Å². The van der Waals surface area contributed by atoms with Gasteiger partial charge in [-0.05, 0) is 61.8 Å². The monoisotopic (exact) mass is 521 g/mol. The van der Waals surface area contributed by atoms with Gasteiger partial charge in [0.1, 0.15) is 11.6 Å². The SMILES string of the molecule is CC.CN(CCO)c1cc2c(N3CCC(c4ccccc4N4CCC4)CC3)nc(C3CC3)nc2cc1Cl. The Balaban J connectivity index is 0.00000137. The number of halogens is 1. The second kappa shape index (κ2) is 11.4. The summed E-state index contributed by atoms with van der Waals surface area (Å²) in [4.78, 5) is 17.0. The topological polar surface area (TPSA) is 55.7 Å². The molecule has 3 heterocycles. The number of aliphatic hydroxyl groups excluding tert-OH is 1. The van der Waals surface area contributed by atoms with Gasteiger partial charge < -0.3 is 19.8 Å². The summed E-state index contributed by atoms with van der Waals surface area (Å²) < 4.78 is 0. The van der Waals surface area contributed by atoms with Gasteiger partial charge in [0.2, 0.25) is 0 Å². The molecule has 0 amide bonds. The molecule has 3 fully saturated rings. The van der Waals surface area contributed by atoms with E-state index in [9.17, 15) is 5.11 Å². The molecule has 198 valence electrons. The molecular formula is C30H40ClN5O. The highest BCUT2D eigenvalue weighted by molar-refractivity contribution is 6.34. The van der Waals surface area contributed by atoms with Crippen LogP contribution in [0.25, 0.3) is 10.9 Å². The lowest BCUT2D eigenvalue weighted by molar-refractivity contribution is 0.304. The van der Waals surface area contributed by atoms with Gasteiger partial charge in [-0.15, -0.1) is 0 Å². The highest BCUT2D eigenvalue weighted by atomic mass is 35.5. The highest BCUT2D eigenvalue weighted by Gasteiger charge is 2.31. The number of hydrogen-bond acceptors (Lipinski definition) is 6. The molecule has 3 aromatic rings. The smallest absolute Gasteiger partial charge is 0.140 e. The molecule has 1 saturated carbocycles. The fourth-order valence-electron chi connectivity index (χ4n) is 5.55. The van der Waals surface area contributed by atoms with Gasteiger partial charge in [0.25, 0.3) is 0 Å². The molecule has 0 unspecified atom stereocenters. The van der Waals surface area contributed by atoms with Crippen molar-refractivity contribution in [3.05, 3.63) is 52.8 Å². The summed E-state index contributed by atoms with van der Waals surface area (Å²) in [6.45, 7) is 8.95. The van der Waals surface area contributed by atoms with Crippen molar-refractivity contribution in [1.82, 2.24) is 9.97 Å². The van der Waals surface area contributed by atoms with Crippen LogP contribution in [0.15, 0.2) is 36.4 Å². The van der Waals surface area contributed by atoms with Crippen molar-refractivity contribution in [2.24, 2.45) is 0 Å². The summed E-state index contributed by atoms with van der Waals surface area (Å²) in [6.07, 6.45) is 5.90. The number of fused-ring (bicyclic) bond motifs is 1. The summed E-state index contributed by atoms with van der Waals surface area (Å²) in [7, 11) is 1.96. The second-order valence-electron chi connectivity index (χ2n) is 10.3. The molecule has 3 aliphatic rings. The Labute approximate surface area is 226 Å². The van der Waals surface area contributed by atoms with Crippen LogP contribution in [0, 0.1) is 0 Å². The number of nitrogens with zero attached hydrogens (tertiary/aromatic N) is 5. The van der Waals surface area contributed by atoms with Crippen molar-refractivity contribution in [2.45, 2.75) is 57.8 Å². The van der Waals surface area contributed by atoms with E-state index < -0.39 is 0 Å². The lowest BCUT2D eigenvalue weighted by atomic mass is 9.87. The number of aromatic nitrogens is 2. The van der Waals surface area contributed by atoms with Crippen molar-refractivity contribution in [1.29, 1.82) is 0 Å². The van der Waals surface area contributed by atoms with Crippen molar-refractivity contribution < 1.29 is 5.11 Å². The number of benzene rings is 2. The van der Waals surface area contributed by atoms with E-state index in [0.29, 0.717) is 23.4 Å². The average molecular weight is 522 g/mol. The zero-order chi connectivity index (χ0) is 25.9. The number of para-hydroxylation sites is 1. The maximum atomic E-state index is 9.44. The molecule has 1 N–H and O–H groups in total. The van der Waals surface area contributed by atoms with Crippen LogP contribution >= 0.6 is 11.6 Å². The number of likely N-dealkylation sites (N-methyl/N-ethyl adjacent to an activating group) is 1. The summed E-state index contributed by atoms with van der Waals surface area (Å²) >= 11 is 6.66. The quantitative estimate of drug-likeness (QED) is 0.399. The summed E-state index contributed by atoms with van der Waals surface area (Å²) in [5.41, 5.74) is 4.79. The number of piperidine rings is 1. The molecule has 0 bridgehead atoms. The Hall–Kier alpha value is -2.57. The van der Waals surface area contributed by atoms with Gasteiger partial charge in [-0.25, -0.2) is 9.97 Å². The zero-order valence-electron chi connectivity index (χ0n) is 22.5. The number of anilines is 3. The fourth-order valence-corrected chi connectivity index (χ4v) is 5.85. The molecule has 0 spiro atoms. The Morgan fingerprint density at radius 2 is 1.68 bits per heavy atom. The van der Waals surface area contributed by atoms with Crippen LogP contribution in [-0.4, -0.2) is 61.5 Å². The van der Waals surface area contributed by atoms with E-state index in [1.807, 2.05) is 31.9 Å². The summed E-state index contributed by atoms with van der Waals surface area (Å²) in [6, 6.07) is 13.1. The Morgan fingerprint density at radius 3 is 2.32 bits per heavy atom. The van der Waals surface area contributed by atoms with Crippen LogP contribution in [0.4, 0.5) is 17.2 Å². The Bertz CT molecular complexity index is 1220. The molecule has 1 aromatic heterocycles. The molecule has 2 aromatic carbocycles. The standard InChI is InChI=1S/C28H34ClN5O.C2H6/c1-32(15-16-35)26-17-22-24(18-23(26)29)30-27(20-7-8-20)31-28(22)34-13-9-19(10-14-34)21-5-2-3-6-25(21)33-11-4-12-33;1-2/h2-3,5-6,17-20,35H,4,7-16H2,1H3;1-2H3. The van der Waals surface area contributed by atoms with Gasteiger partial charge in [-0.3, -0.25) is 0 Å². The normalized spacial score (nSPS) is 17.9. The second-order valence-corrected chi connectivity index (χ2v) is 10.7. The van der Waals surface area contributed by atoms with E-state index in [2.05, 4.69) is 40.1 Å². The molecule has 0 radical (unpaired) electrons. The van der Waals surface area contributed by atoms with E-state index in [1.54, 1.807) is 0 Å². The minimum atomic E-state index is 0.0846. The maximum absolute atomic E-state index is 9.44. The fraction of sp³-hybridized carbons (Fsp3) is 0.533. The van der Waals surface area contributed by atoms with Gasteiger partial charge in [0, 0.05) is 56.8 Å². The van der Waals surface area contributed by atoms with Gasteiger partial charge >= 0.3 is 0 Å². The predicted molar refractivity (Wildman–Crippen MR) is 156 cm³/mol. The molecule has 2 saturated heterocycles. The molecule has 7 heteroatoms. The highest BCUT2D eigenvalue weighted by Crippen LogP contribution is 2.43. The average Bonchev–Trinajstić information content (AvgIpc) is 3.74. The van der Waals surface area contributed by atoms with Crippen molar-refractivity contribution in [3.8, 4) is 0 Å². The molecule has 2 aliphatic heterocycles. The number of aliphatic hydroxyl groups is 1. The largest absolute Gasteiger partial charge is 0.395 e. The van der Waals surface area contributed by atoms with E-state index in [1.165, 1.54) is 43.6 Å². The Morgan fingerprint density at radius 1 is 0.946 bits per heavy atom. The van der Waals surface area contributed by atoms with Gasteiger partial charge in [0.05, 0.1) is 22.8 Å². The van der Waals surface area contributed by atoms with Crippen LogP contribution in [0.2, 0.25) is 5.02 Å². The Kier molecular flexibility index (Phi) is 8.06. The summed E-state index contributed by atoms with van der Waals surface area (Å²) in [5, 5.41) is 11.2. The number of rotatable bonds is 7.